The number of pyridine rings is 1. The van der Waals surface area contributed by atoms with Crippen molar-refractivity contribution in [3.63, 3.8) is 0 Å². The van der Waals surface area contributed by atoms with E-state index in [1.165, 1.54) is 12.1 Å². The van der Waals surface area contributed by atoms with Gasteiger partial charge >= 0.3 is 0 Å². The summed E-state index contributed by atoms with van der Waals surface area (Å²) in [4.78, 5) is 3.96. The van der Waals surface area contributed by atoms with Crippen LogP contribution in [0.25, 0.3) is 0 Å². The third-order valence-corrected chi connectivity index (χ3v) is 2.38. The SMILES string of the molecule is Fc1ccc(NNCc2ccc(Cl)nc2)cc1. The number of hydrogen-bond donors (Lipinski definition) is 2. The largest absolute Gasteiger partial charge is 0.321 e. The van der Waals surface area contributed by atoms with E-state index in [2.05, 4.69) is 15.8 Å². The molecule has 1 aromatic heterocycles. The van der Waals surface area contributed by atoms with Crippen molar-refractivity contribution >= 4 is 17.3 Å². The van der Waals surface area contributed by atoms with Gasteiger partial charge in [-0.15, -0.1) is 0 Å². The normalized spacial score (nSPS) is 10.2. The zero-order valence-corrected chi connectivity index (χ0v) is 9.71. The van der Waals surface area contributed by atoms with E-state index in [9.17, 15) is 4.39 Å². The minimum Gasteiger partial charge on any atom is -0.321 e. The average molecular weight is 252 g/mol. The number of hydrogen-bond acceptors (Lipinski definition) is 3. The summed E-state index contributed by atoms with van der Waals surface area (Å²) in [6.07, 6.45) is 1.70. The van der Waals surface area contributed by atoms with Crippen LogP contribution in [0.3, 0.4) is 0 Å². The molecule has 0 bridgehead atoms. The first kappa shape index (κ1) is 11.8. The van der Waals surface area contributed by atoms with Crippen LogP contribution in [0, 0.1) is 5.82 Å². The molecule has 0 amide bonds. The van der Waals surface area contributed by atoms with Crippen LogP contribution in [0.2, 0.25) is 5.15 Å². The van der Waals surface area contributed by atoms with Crippen LogP contribution in [0.5, 0.6) is 0 Å². The maximum atomic E-state index is 12.6. The summed E-state index contributed by atoms with van der Waals surface area (Å²) in [6.45, 7) is 0.599. The molecule has 5 heteroatoms. The van der Waals surface area contributed by atoms with E-state index in [1.807, 2.05) is 6.07 Å². The maximum Gasteiger partial charge on any atom is 0.129 e. The number of nitrogens with zero attached hydrogens (tertiary/aromatic N) is 1. The number of anilines is 1. The van der Waals surface area contributed by atoms with Gasteiger partial charge in [0.05, 0.1) is 0 Å². The lowest BCUT2D eigenvalue weighted by molar-refractivity contribution is 0.628. The molecule has 0 spiro atoms. The number of rotatable bonds is 4. The molecule has 2 aromatic rings. The second kappa shape index (κ2) is 5.61. The van der Waals surface area contributed by atoms with Gasteiger partial charge in [-0.3, -0.25) is 0 Å². The summed E-state index contributed by atoms with van der Waals surface area (Å²) in [5.41, 5.74) is 7.76. The second-order valence-electron chi connectivity index (χ2n) is 3.47. The standard InChI is InChI=1S/C12H11ClFN3/c13-12-6-1-9(7-15-12)8-16-17-11-4-2-10(14)3-5-11/h1-7,16-17H,8H2. The van der Waals surface area contributed by atoms with Gasteiger partial charge in [-0.1, -0.05) is 17.7 Å². The summed E-state index contributed by atoms with van der Waals surface area (Å²) in [6, 6.07) is 9.72. The molecule has 0 saturated heterocycles. The first-order valence-electron chi connectivity index (χ1n) is 5.09. The predicted octanol–water partition coefficient (Wildman–Crippen LogP) is 2.99. The minimum absolute atomic E-state index is 0.252. The van der Waals surface area contributed by atoms with Gasteiger partial charge in [0.15, 0.2) is 0 Å². The van der Waals surface area contributed by atoms with Gasteiger partial charge in [-0.25, -0.2) is 14.8 Å². The molecule has 17 heavy (non-hydrogen) atoms. The number of hydrazine groups is 1. The number of halogens is 2. The van der Waals surface area contributed by atoms with Gasteiger partial charge in [0, 0.05) is 18.4 Å². The summed E-state index contributed by atoms with van der Waals surface area (Å²) < 4.78 is 12.6. The molecule has 0 atom stereocenters. The molecule has 1 heterocycles. The van der Waals surface area contributed by atoms with Gasteiger partial charge in [0.2, 0.25) is 0 Å². The van der Waals surface area contributed by atoms with Crippen LogP contribution in [0.4, 0.5) is 10.1 Å². The Bertz CT molecular complexity index is 425. The van der Waals surface area contributed by atoms with Crippen molar-refractivity contribution in [3.05, 3.63) is 59.1 Å². The molecule has 0 unspecified atom stereocenters. The second-order valence-corrected chi connectivity index (χ2v) is 3.86. The van der Waals surface area contributed by atoms with E-state index in [4.69, 9.17) is 11.6 Å². The Labute approximate surface area is 104 Å². The summed E-state index contributed by atoms with van der Waals surface area (Å²) in [5, 5.41) is 0.472. The Morgan fingerprint density at radius 1 is 1.12 bits per heavy atom. The fourth-order valence-corrected chi connectivity index (χ4v) is 1.40. The van der Waals surface area contributed by atoms with Gasteiger partial charge in [0.1, 0.15) is 11.0 Å². The van der Waals surface area contributed by atoms with Crippen molar-refractivity contribution < 1.29 is 4.39 Å². The smallest absolute Gasteiger partial charge is 0.129 e. The van der Waals surface area contributed by atoms with E-state index < -0.39 is 0 Å². The molecule has 1 aromatic carbocycles. The molecule has 2 rings (SSSR count). The number of nitrogens with one attached hydrogen (secondary N) is 2. The molecular weight excluding hydrogens is 241 g/mol. The van der Waals surface area contributed by atoms with E-state index in [1.54, 1.807) is 24.4 Å². The van der Waals surface area contributed by atoms with Gasteiger partial charge in [-0.2, -0.15) is 0 Å². The Hall–Kier alpha value is -1.65. The predicted molar refractivity (Wildman–Crippen MR) is 66.1 cm³/mol. The molecular formula is C12H11ClFN3. The molecule has 0 saturated carbocycles. The fourth-order valence-electron chi connectivity index (χ4n) is 1.29. The molecule has 0 aliphatic carbocycles. The third kappa shape index (κ3) is 3.69. The van der Waals surface area contributed by atoms with Crippen LogP contribution in [0.15, 0.2) is 42.6 Å². The summed E-state index contributed by atoms with van der Waals surface area (Å²) >= 11 is 5.67. The van der Waals surface area contributed by atoms with Crippen LogP contribution < -0.4 is 10.9 Å². The lowest BCUT2D eigenvalue weighted by atomic mass is 10.3. The Kier molecular flexibility index (Phi) is 3.90. The topological polar surface area (TPSA) is 37.0 Å². The van der Waals surface area contributed by atoms with E-state index in [0.717, 1.165) is 11.3 Å². The Morgan fingerprint density at radius 2 is 1.88 bits per heavy atom. The van der Waals surface area contributed by atoms with Crippen molar-refractivity contribution in [2.24, 2.45) is 0 Å². The maximum absolute atomic E-state index is 12.6. The zero-order chi connectivity index (χ0) is 12.1. The third-order valence-electron chi connectivity index (χ3n) is 2.16. The monoisotopic (exact) mass is 251 g/mol. The van der Waals surface area contributed by atoms with Crippen LogP contribution in [-0.2, 0) is 6.54 Å². The van der Waals surface area contributed by atoms with E-state index >= 15 is 0 Å². The summed E-state index contributed by atoms with van der Waals surface area (Å²) in [7, 11) is 0. The molecule has 0 fully saturated rings. The van der Waals surface area contributed by atoms with E-state index in [0.29, 0.717) is 11.7 Å². The number of aromatic nitrogens is 1. The lowest BCUT2D eigenvalue weighted by Gasteiger charge is -2.08. The highest BCUT2D eigenvalue weighted by atomic mass is 35.5. The molecule has 3 nitrogen and oxygen atoms in total. The minimum atomic E-state index is -0.252. The van der Waals surface area contributed by atoms with Crippen LogP contribution in [-0.4, -0.2) is 4.98 Å². The first-order valence-corrected chi connectivity index (χ1v) is 5.47. The Balaban J connectivity index is 1.83. The van der Waals surface area contributed by atoms with Gasteiger partial charge in [-0.05, 0) is 35.9 Å². The van der Waals surface area contributed by atoms with E-state index in [-0.39, 0.29) is 5.82 Å². The molecule has 88 valence electrons. The first-order chi connectivity index (χ1) is 8.24. The molecule has 0 aliphatic heterocycles. The quantitative estimate of drug-likeness (QED) is 0.648. The van der Waals surface area contributed by atoms with Crippen LogP contribution in [0.1, 0.15) is 5.56 Å². The highest BCUT2D eigenvalue weighted by molar-refractivity contribution is 6.29. The number of benzene rings is 1. The lowest BCUT2D eigenvalue weighted by Crippen LogP contribution is -2.20. The van der Waals surface area contributed by atoms with Gasteiger partial charge < -0.3 is 5.43 Å². The van der Waals surface area contributed by atoms with Crippen molar-refractivity contribution in [1.29, 1.82) is 0 Å². The average Bonchev–Trinajstić information content (AvgIpc) is 2.34. The van der Waals surface area contributed by atoms with Gasteiger partial charge in [0.25, 0.3) is 0 Å². The van der Waals surface area contributed by atoms with Crippen LogP contribution >= 0.6 is 11.6 Å². The molecule has 0 radical (unpaired) electrons. The van der Waals surface area contributed by atoms with Crippen molar-refractivity contribution in [2.45, 2.75) is 6.54 Å². The highest BCUT2D eigenvalue weighted by Gasteiger charge is 1.95. The highest BCUT2D eigenvalue weighted by Crippen LogP contribution is 2.07. The van der Waals surface area contributed by atoms with Crippen molar-refractivity contribution in [1.82, 2.24) is 10.4 Å². The molecule has 0 aliphatic rings. The van der Waals surface area contributed by atoms with Crippen molar-refractivity contribution in [2.75, 3.05) is 5.43 Å². The Morgan fingerprint density at radius 3 is 2.53 bits per heavy atom. The van der Waals surface area contributed by atoms with Crippen molar-refractivity contribution in [3.8, 4) is 0 Å². The molecule has 2 N–H and O–H groups in total. The zero-order valence-electron chi connectivity index (χ0n) is 8.95. The fraction of sp³-hybridized carbons (Fsp3) is 0.0833. The summed E-state index contributed by atoms with van der Waals surface area (Å²) in [5.74, 6) is -0.252.